The van der Waals surface area contributed by atoms with Gasteiger partial charge in [-0.25, -0.2) is 9.98 Å². The molecule has 0 saturated carbocycles. The average Bonchev–Trinajstić information content (AvgIpc) is 3.09. The summed E-state index contributed by atoms with van der Waals surface area (Å²) in [6, 6.07) is 20.0. The topological polar surface area (TPSA) is 41.8 Å². The van der Waals surface area contributed by atoms with E-state index in [1.165, 1.54) is 12.2 Å². The molecule has 3 nitrogen and oxygen atoms in total. The molecule has 2 aromatic carbocycles. The number of benzene rings is 2. The lowest BCUT2D eigenvalue weighted by Crippen LogP contribution is -2.13. The number of carbonyl (C=O) groups is 1. The normalized spacial score (nSPS) is 16.4. The first-order chi connectivity index (χ1) is 11.8. The van der Waals surface area contributed by atoms with Crippen molar-refractivity contribution in [3.05, 3.63) is 107 Å². The van der Waals surface area contributed by atoms with Gasteiger partial charge in [0, 0.05) is 16.7 Å². The Morgan fingerprint density at radius 2 is 1.04 bits per heavy atom. The molecule has 0 saturated heterocycles. The number of nitrogens with zero attached hydrogens (tertiary/aromatic N) is 2. The van der Waals surface area contributed by atoms with Crippen molar-refractivity contribution in [1.82, 2.24) is 0 Å². The predicted octanol–water partition coefficient (Wildman–Crippen LogP) is 3.89. The Morgan fingerprint density at radius 3 is 1.50 bits per heavy atom. The van der Waals surface area contributed by atoms with Gasteiger partial charge in [0.15, 0.2) is 11.6 Å². The second-order valence-corrected chi connectivity index (χ2v) is 5.50. The molecular weight excluding hydrogens is 296 g/mol. The molecule has 24 heavy (non-hydrogen) atoms. The molecular formula is C21H14N2O. The van der Waals surface area contributed by atoms with Crippen LogP contribution in [0.4, 0.5) is 0 Å². The smallest absolute Gasteiger partial charge is 0.178 e. The maximum absolute atomic E-state index is 11.3. The predicted molar refractivity (Wildman–Crippen MR) is 96.3 cm³/mol. The first-order valence-electron chi connectivity index (χ1n) is 7.74. The SMILES string of the molecule is O=C1C=CC(=C2N=C(c3ccccc3)C(c3ccccc3)=N2)C=C1. The van der Waals surface area contributed by atoms with Crippen LogP contribution in [0.25, 0.3) is 0 Å². The van der Waals surface area contributed by atoms with Crippen molar-refractivity contribution in [2.75, 3.05) is 0 Å². The molecule has 0 fully saturated rings. The molecule has 1 heterocycles. The summed E-state index contributed by atoms with van der Waals surface area (Å²) in [5.41, 5.74) is 4.59. The van der Waals surface area contributed by atoms with Crippen LogP contribution in [0.1, 0.15) is 11.1 Å². The zero-order valence-corrected chi connectivity index (χ0v) is 12.9. The number of hydrogen-bond donors (Lipinski definition) is 0. The molecule has 3 heteroatoms. The highest BCUT2D eigenvalue weighted by molar-refractivity contribution is 6.55. The van der Waals surface area contributed by atoms with Gasteiger partial charge in [-0.05, 0) is 24.3 Å². The van der Waals surface area contributed by atoms with Crippen LogP contribution < -0.4 is 0 Å². The van der Waals surface area contributed by atoms with Crippen molar-refractivity contribution in [1.29, 1.82) is 0 Å². The Hall–Kier alpha value is -3.33. The minimum Gasteiger partial charge on any atom is -0.290 e. The standard InChI is InChI=1S/C21H14N2O/c24-18-13-11-17(12-14-18)21-22-19(15-7-3-1-4-8-15)20(23-21)16-9-5-2-6-10-16/h1-14H. The fraction of sp³-hybridized carbons (Fsp3) is 0. The van der Waals surface area contributed by atoms with E-state index in [2.05, 4.69) is 0 Å². The lowest BCUT2D eigenvalue weighted by Gasteiger charge is -2.04. The summed E-state index contributed by atoms with van der Waals surface area (Å²) in [6.45, 7) is 0. The molecule has 2 aliphatic rings. The minimum atomic E-state index is -0.0168. The molecule has 2 aromatic rings. The van der Waals surface area contributed by atoms with Crippen molar-refractivity contribution in [2.24, 2.45) is 9.98 Å². The van der Waals surface area contributed by atoms with Gasteiger partial charge in [-0.2, -0.15) is 0 Å². The van der Waals surface area contributed by atoms with Gasteiger partial charge in [-0.3, -0.25) is 4.79 Å². The van der Waals surface area contributed by atoms with Crippen LogP contribution >= 0.6 is 0 Å². The van der Waals surface area contributed by atoms with Gasteiger partial charge in [-0.1, -0.05) is 60.7 Å². The van der Waals surface area contributed by atoms with Crippen LogP contribution in [0.15, 0.2) is 106 Å². The lowest BCUT2D eigenvalue weighted by atomic mass is 10.0. The summed E-state index contributed by atoms with van der Waals surface area (Å²) in [7, 11) is 0. The third-order valence-electron chi connectivity index (χ3n) is 3.87. The molecule has 0 unspecified atom stereocenters. The molecule has 0 amide bonds. The van der Waals surface area contributed by atoms with E-state index in [4.69, 9.17) is 9.98 Å². The van der Waals surface area contributed by atoms with E-state index in [1.807, 2.05) is 60.7 Å². The highest BCUT2D eigenvalue weighted by Crippen LogP contribution is 2.24. The molecule has 4 rings (SSSR count). The summed E-state index contributed by atoms with van der Waals surface area (Å²) >= 11 is 0. The molecule has 114 valence electrons. The van der Waals surface area contributed by atoms with Crippen molar-refractivity contribution < 1.29 is 4.79 Å². The monoisotopic (exact) mass is 310 g/mol. The van der Waals surface area contributed by atoms with Gasteiger partial charge in [0.1, 0.15) is 0 Å². The van der Waals surface area contributed by atoms with Gasteiger partial charge in [0.05, 0.1) is 11.4 Å². The molecule has 0 radical (unpaired) electrons. The number of ketones is 1. The van der Waals surface area contributed by atoms with Gasteiger partial charge in [0.2, 0.25) is 0 Å². The third kappa shape index (κ3) is 2.68. The summed E-state index contributed by atoms with van der Waals surface area (Å²) in [4.78, 5) is 20.8. The highest BCUT2D eigenvalue weighted by atomic mass is 16.1. The van der Waals surface area contributed by atoms with Crippen molar-refractivity contribution in [2.45, 2.75) is 0 Å². The zero-order valence-electron chi connectivity index (χ0n) is 12.9. The molecule has 0 atom stereocenters. The average molecular weight is 310 g/mol. The fourth-order valence-corrected chi connectivity index (χ4v) is 2.67. The second-order valence-electron chi connectivity index (χ2n) is 5.50. The molecule has 0 spiro atoms. The first-order valence-corrected chi connectivity index (χ1v) is 7.74. The molecule has 1 aliphatic carbocycles. The van der Waals surface area contributed by atoms with Gasteiger partial charge < -0.3 is 0 Å². The quantitative estimate of drug-likeness (QED) is 0.830. The third-order valence-corrected chi connectivity index (χ3v) is 3.87. The summed E-state index contributed by atoms with van der Waals surface area (Å²) in [5.74, 6) is 0.615. The zero-order chi connectivity index (χ0) is 16.4. The van der Waals surface area contributed by atoms with Crippen molar-refractivity contribution in [3.8, 4) is 0 Å². The number of hydrogen-bond acceptors (Lipinski definition) is 3. The van der Waals surface area contributed by atoms with Gasteiger partial charge >= 0.3 is 0 Å². The lowest BCUT2D eigenvalue weighted by molar-refractivity contribution is -0.110. The number of rotatable bonds is 2. The Labute approximate surface area is 140 Å². The summed E-state index contributed by atoms with van der Waals surface area (Å²) in [6.07, 6.45) is 6.61. The Bertz CT molecular complexity index is 870. The molecule has 0 N–H and O–H groups in total. The Morgan fingerprint density at radius 1 is 0.583 bits per heavy atom. The van der Waals surface area contributed by atoms with E-state index < -0.39 is 0 Å². The van der Waals surface area contributed by atoms with Crippen molar-refractivity contribution in [3.63, 3.8) is 0 Å². The maximum atomic E-state index is 11.3. The van der Waals surface area contributed by atoms with E-state index in [9.17, 15) is 4.79 Å². The van der Waals surface area contributed by atoms with Crippen LogP contribution in [0.2, 0.25) is 0 Å². The van der Waals surface area contributed by atoms with Crippen LogP contribution in [0.3, 0.4) is 0 Å². The van der Waals surface area contributed by atoms with Crippen molar-refractivity contribution >= 4 is 17.2 Å². The van der Waals surface area contributed by atoms with Gasteiger partial charge in [0.25, 0.3) is 0 Å². The highest BCUT2D eigenvalue weighted by Gasteiger charge is 2.22. The summed E-state index contributed by atoms with van der Waals surface area (Å²) in [5, 5.41) is 0. The first kappa shape index (κ1) is 14.3. The van der Waals surface area contributed by atoms with E-state index in [1.54, 1.807) is 12.2 Å². The van der Waals surface area contributed by atoms with Crippen LogP contribution in [0.5, 0.6) is 0 Å². The molecule has 0 bridgehead atoms. The maximum Gasteiger partial charge on any atom is 0.178 e. The number of allylic oxidation sites excluding steroid dienone is 5. The van der Waals surface area contributed by atoms with E-state index in [0.29, 0.717) is 5.82 Å². The van der Waals surface area contributed by atoms with E-state index >= 15 is 0 Å². The molecule has 0 aromatic heterocycles. The van der Waals surface area contributed by atoms with Crippen LogP contribution in [-0.4, -0.2) is 17.2 Å². The Balaban J connectivity index is 1.87. The van der Waals surface area contributed by atoms with Gasteiger partial charge in [-0.15, -0.1) is 0 Å². The summed E-state index contributed by atoms with van der Waals surface area (Å²) < 4.78 is 0. The largest absolute Gasteiger partial charge is 0.290 e. The van der Waals surface area contributed by atoms with E-state index in [0.717, 1.165) is 28.1 Å². The minimum absolute atomic E-state index is 0.0168. The number of carbonyl (C=O) groups excluding carboxylic acids is 1. The Kier molecular flexibility index (Phi) is 3.60. The fourth-order valence-electron chi connectivity index (χ4n) is 2.67. The van der Waals surface area contributed by atoms with Crippen LogP contribution in [-0.2, 0) is 4.79 Å². The second kappa shape index (κ2) is 6.05. The number of aliphatic imine (C=N–C) groups is 2. The molecule has 1 aliphatic heterocycles. The van der Waals surface area contributed by atoms with E-state index in [-0.39, 0.29) is 5.78 Å². The van der Waals surface area contributed by atoms with Crippen LogP contribution in [0, 0.1) is 0 Å².